The van der Waals surface area contributed by atoms with E-state index in [-0.39, 0.29) is 137 Å². The molecule has 3 N–H and O–H groups in total. The van der Waals surface area contributed by atoms with Crippen molar-refractivity contribution in [2.45, 2.75) is 0 Å². The van der Waals surface area contributed by atoms with E-state index >= 15 is 0 Å². The molecule has 0 rings (SSSR count). The van der Waals surface area contributed by atoms with Crippen LogP contribution in [-0.4, -0.2) is 52.4 Å². The maximum Gasteiger partial charge on any atom is 2.00 e. The first-order chi connectivity index (χ1) is 2.00. The molecule has 0 saturated carbocycles. The van der Waals surface area contributed by atoms with Crippen molar-refractivity contribution < 1.29 is 106 Å². The minimum Gasteiger partial charge on any atom is -1.00 e. The molecule has 0 bridgehead atoms. The Hall–Kier alpha value is 4.24. The molecule has 0 saturated heterocycles. The van der Waals surface area contributed by atoms with Gasteiger partial charge in [0.15, 0.2) is 0 Å². The molecule has 0 atom stereocenters. The van der Waals surface area contributed by atoms with Gasteiger partial charge in [-0.1, -0.05) is 0 Å². The monoisotopic (exact) mass is 292 g/mol. The van der Waals surface area contributed by atoms with Gasteiger partial charge in [-0.25, -0.2) is 4.57 Å². The minimum atomic E-state index is -4.64. The fraction of sp³-hybridized carbons (Fsp3) is 0. The van der Waals surface area contributed by atoms with Gasteiger partial charge < -0.3 is 42.3 Å². The van der Waals surface area contributed by atoms with E-state index in [4.69, 9.17) is 19.2 Å². The summed E-state index contributed by atoms with van der Waals surface area (Å²) in [5, 5.41) is 0. The number of phosphoric acid groups is 1. The van der Waals surface area contributed by atoms with Crippen LogP contribution in [0.4, 0.5) is 0 Å². The Balaban J connectivity index is -0.00000000286. The van der Waals surface area contributed by atoms with Crippen molar-refractivity contribution in [2.75, 3.05) is 0 Å². The third-order valence-corrected chi connectivity index (χ3v) is 0. The standard InChI is InChI=1S/Ca.3ClH.2Na.H3O4P.2H/c;;;;;;1-5(2,3)4;;/h;3*1H;;;(H3,1,2,3,4);;/q+2;;;;2*+1;;2*-1/p-2. The first kappa shape index (κ1) is 45.5. The largest absolute Gasteiger partial charge is 2.00 e. The number of rotatable bonds is 0. The predicted octanol–water partition coefficient (Wildman–Crippen LogP) is -12.6. The Morgan fingerprint density at radius 2 is 1.00 bits per heavy atom. The molecular weight excluding hydrogens is 287 g/mol. The molecule has 0 spiro atoms. The van der Waals surface area contributed by atoms with E-state index in [1.165, 1.54) is 0 Å². The van der Waals surface area contributed by atoms with Crippen LogP contribution in [0.15, 0.2) is 0 Å². The van der Waals surface area contributed by atoms with Crippen molar-refractivity contribution in [3.05, 3.63) is 0 Å². The molecule has 0 amide bonds. The van der Waals surface area contributed by atoms with Gasteiger partial charge >= 0.3 is 105 Å². The molecule has 0 unspecified atom stereocenters. The molecule has 0 fully saturated rings. The molecule has 0 aromatic carbocycles. The van der Waals surface area contributed by atoms with Gasteiger partial charge in [0, 0.05) is 0 Å². The van der Waals surface area contributed by atoms with Crippen molar-refractivity contribution in [3.8, 4) is 0 Å². The quantitative estimate of drug-likeness (QED) is 0.306. The second-order valence-corrected chi connectivity index (χ2v) is 1.54. The smallest absolute Gasteiger partial charge is 1.00 e. The fourth-order valence-corrected chi connectivity index (χ4v) is 0. The van der Waals surface area contributed by atoms with Crippen LogP contribution in [0, 0.1) is 0 Å². The summed E-state index contributed by atoms with van der Waals surface area (Å²) in [6, 6.07) is 0. The zero-order valence-corrected chi connectivity index (χ0v) is 15.5. The predicted molar refractivity (Wildman–Crippen MR) is 29.5 cm³/mol. The summed E-state index contributed by atoms with van der Waals surface area (Å²) in [6.07, 6.45) is 0. The molecule has 60 valence electrons. The summed E-state index contributed by atoms with van der Waals surface area (Å²) in [4.78, 5) is 21.6. The molecule has 0 aliphatic heterocycles. The third kappa shape index (κ3) is 119. The van der Waals surface area contributed by atoms with Crippen LogP contribution >= 0.6 is 20.2 Å². The maximum atomic E-state index is 8.88. The molecule has 0 aromatic rings. The Labute approximate surface area is 161 Å². The van der Waals surface area contributed by atoms with E-state index in [0.29, 0.717) is 0 Å². The van der Waals surface area contributed by atoms with Crippen molar-refractivity contribution >= 4 is 58.0 Å². The van der Waals surface area contributed by atoms with Crippen LogP contribution in [0.5, 0.6) is 0 Å². The number of hydrogen-bond acceptors (Lipinski definition) is 1. The van der Waals surface area contributed by atoms with Gasteiger partial charge in [0.2, 0.25) is 0 Å². The Kier molecular flexibility index (Phi) is 98.5. The molecule has 4 nitrogen and oxygen atoms in total. The summed E-state index contributed by atoms with van der Waals surface area (Å²) in [5.41, 5.74) is 0. The van der Waals surface area contributed by atoms with Crippen LogP contribution < -0.4 is 83.9 Å². The fourth-order valence-electron chi connectivity index (χ4n) is 0. The van der Waals surface area contributed by atoms with E-state index < -0.39 is 7.82 Å². The maximum absolute atomic E-state index is 8.88. The summed E-state index contributed by atoms with van der Waals surface area (Å²) in [7, 11) is -4.64. The second kappa shape index (κ2) is 23.8. The van der Waals surface area contributed by atoms with Gasteiger partial charge in [0.1, 0.15) is 0 Å². The van der Waals surface area contributed by atoms with Crippen molar-refractivity contribution in [3.63, 3.8) is 0 Å². The van der Waals surface area contributed by atoms with Gasteiger partial charge in [-0.3, -0.25) is 0 Å². The molecular formula is H6CaCl3Na2O4P. The normalized spacial score (nSPS) is 5.36. The van der Waals surface area contributed by atoms with Crippen LogP contribution in [0.3, 0.4) is 0 Å². The van der Waals surface area contributed by atoms with Crippen molar-refractivity contribution in [1.29, 1.82) is 0 Å². The SMILES string of the molecule is Cl.O=P(O)(O)O.[Ca+2].[Cl-].[Cl-].[H-].[H-].[Na+].[Na+]. The van der Waals surface area contributed by atoms with E-state index in [9.17, 15) is 0 Å². The molecule has 0 radical (unpaired) electrons. The second-order valence-electron chi connectivity index (χ2n) is 0.513. The van der Waals surface area contributed by atoms with Crippen LogP contribution in [0.1, 0.15) is 2.85 Å². The molecule has 0 aliphatic carbocycles. The van der Waals surface area contributed by atoms with E-state index in [1.807, 2.05) is 0 Å². The summed E-state index contributed by atoms with van der Waals surface area (Å²) >= 11 is 0. The Morgan fingerprint density at radius 1 is 1.00 bits per heavy atom. The first-order valence-corrected chi connectivity index (χ1v) is 2.35. The molecule has 0 aromatic heterocycles. The average molecular weight is 293 g/mol. The molecule has 11 heavy (non-hydrogen) atoms. The van der Waals surface area contributed by atoms with Gasteiger partial charge in [-0.05, 0) is 0 Å². The minimum absolute atomic E-state index is 0. The van der Waals surface area contributed by atoms with E-state index in [0.717, 1.165) is 0 Å². The number of hydrogen-bond donors (Lipinski definition) is 3. The van der Waals surface area contributed by atoms with Crippen molar-refractivity contribution in [2.24, 2.45) is 0 Å². The Morgan fingerprint density at radius 3 is 1.00 bits per heavy atom. The molecule has 0 aliphatic rings. The summed E-state index contributed by atoms with van der Waals surface area (Å²) in [5.74, 6) is 0. The summed E-state index contributed by atoms with van der Waals surface area (Å²) in [6.45, 7) is 0. The van der Waals surface area contributed by atoms with Gasteiger partial charge in [0.25, 0.3) is 0 Å². The summed E-state index contributed by atoms with van der Waals surface area (Å²) < 4.78 is 8.88. The average Bonchev–Trinajstić information content (AvgIpc) is 0.722. The topological polar surface area (TPSA) is 77.8 Å². The van der Waals surface area contributed by atoms with Crippen LogP contribution in [0.25, 0.3) is 0 Å². The zero-order valence-electron chi connectivity index (χ0n) is 8.07. The zero-order chi connectivity index (χ0) is 4.50. The van der Waals surface area contributed by atoms with Gasteiger partial charge in [0.05, 0.1) is 0 Å². The van der Waals surface area contributed by atoms with Gasteiger partial charge in [-0.2, -0.15) is 0 Å². The first-order valence-electron chi connectivity index (χ1n) is 0.783. The van der Waals surface area contributed by atoms with Crippen molar-refractivity contribution in [1.82, 2.24) is 0 Å². The van der Waals surface area contributed by atoms with Crippen LogP contribution in [0.2, 0.25) is 0 Å². The van der Waals surface area contributed by atoms with Crippen LogP contribution in [-0.2, 0) is 4.57 Å². The van der Waals surface area contributed by atoms with E-state index in [2.05, 4.69) is 0 Å². The molecule has 0 heterocycles. The van der Waals surface area contributed by atoms with E-state index in [1.54, 1.807) is 0 Å². The van der Waals surface area contributed by atoms with Gasteiger partial charge in [-0.15, -0.1) is 12.4 Å². The molecule has 11 heteroatoms. The Bertz CT molecular complexity index is 77.5. The third-order valence-electron chi connectivity index (χ3n) is 0. The number of halogens is 3.